The van der Waals surface area contributed by atoms with Gasteiger partial charge in [0.2, 0.25) is 5.91 Å². The van der Waals surface area contributed by atoms with Crippen LogP contribution in [0.1, 0.15) is 64.6 Å². The highest BCUT2D eigenvalue weighted by Gasteiger charge is 2.38. The summed E-state index contributed by atoms with van der Waals surface area (Å²) < 4.78 is 2.30. The molecular weight excluding hydrogens is 433 g/mol. The molecule has 2 aromatic rings. The van der Waals surface area contributed by atoms with Gasteiger partial charge >= 0.3 is 0 Å². The summed E-state index contributed by atoms with van der Waals surface area (Å²) in [7, 11) is 0. The summed E-state index contributed by atoms with van der Waals surface area (Å²) in [5.74, 6) is 1.85. The van der Waals surface area contributed by atoms with Gasteiger partial charge in [0.25, 0.3) is 0 Å². The van der Waals surface area contributed by atoms with Gasteiger partial charge in [-0.05, 0) is 62.2 Å². The number of hydrogen-bond acceptors (Lipinski definition) is 4. The first-order valence-electron chi connectivity index (χ1n) is 11.3. The van der Waals surface area contributed by atoms with Crippen LogP contribution in [0.2, 0.25) is 0 Å². The summed E-state index contributed by atoms with van der Waals surface area (Å²) in [6.07, 6.45) is 10.1. The molecule has 6 nitrogen and oxygen atoms in total. The van der Waals surface area contributed by atoms with Crippen LogP contribution in [0.3, 0.4) is 0 Å². The smallest absolute Gasteiger partial charge is 0.220 e. The molecule has 8 heteroatoms. The maximum absolute atomic E-state index is 12.9. The van der Waals surface area contributed by atoms with Gasteiger partial charge < -0.3 is 15.2 Å². The lowest BCUT2D eigenvalue weighted by molar-refractivity contribution is -0.124. The largest absolute Gasteiger partial charge is 0.353 e. The Labute approximate surface area is 198 Å². The van der Waals surface area contributed by atoms with Gasteiger partial charge in [-0.2, -0.15) is 0 Å². The number of piperidine rings is 1. The molecule has 0 atom stereocenters. The number of hydrogen-bond donors (Lipinski definition) is 2. The molecule has 1 saturated heterocycles. The first kappa shape index (κ1) is 25.9. The molecule has 1 saturated carbocycles. The van der Waals surface area contributed by atoms with Gasteiger partial charge in [-0.15, -0.1) is 24.8 Å². The first-order valence-corrected chi connectivity index (χ1v) is 11.3. The monoisotopic (exact) mass is 469 g/mol. The lowest BCUT2D eigenvalue weighted by Crippen LogP contribution is -2.44. The van der Waals surface area contributed by atoms with Gasteiger partial charge in [0.1, 0.15) is 11.3 Å². The van der Waals surface area contributed by atoms with Crippen molar-refractivity contribution in [2.45, 2.75) is 77.8 Å². The van der Waals surface area contributed by atoms with Gasteiger partial charge in [-0.1, -0.05) is 26.7 Å². The third-order valence-electron chi connectivity index (χ3n) is 6.57. The number of nitrogens with zero attached hydrogens (tertiary/aromatic N) is 3. The van der Waals surface area contributed by atoms with E-state index in [0.717, 1.165) is 68.7 Å². The lowest BCUT2D eigenvalue weighted by Gasteiger charge is -2.30. The van der Waals surface area contributed by atoms with Crippen molar-refractivity contribution in [3.05, 3.63) is 24.2 Å². The number of amides is 1. The van der Waals surface area contributed by atoms with E-state index >= 15 is 0 Å². The minimum atomic E-state index is 0. The van der Waals surface area contributed by atoms with Crippen molar-refractivity contribution in [2.24, 2.45) is 11.3 Å². The lowest BCUT2D eigenvalue weighted by atomic mass is 9.78. The number of rotatable bonds is 7. The Morgan fingerprint density at radius 2 is 1.97 bits per heavy atom. The van der Waals surface area contributed by atoms with Crippen molar-refractivity contribution in [2.75, 3.05) is 13.1 Å². The van der Waals surface area contributed by atoms with E-state index in [1.165, 1.54) is 12.8 Å². The molecule has 1 aliphatic carbocycles. The Bertz CT molecular complexity index is 842. The zero-order valence-corrected chi connectivity index (χ0v) is 20.4. The minimum absolute atomic E-state index is 0. The molecule has 174 valence electrons. The van der Waals surface area contributed by atoms with Crippen LogP contribution in [-0.4, -0.2) is 39.6 Å². The number of aromatic nitrogens is 3. The molecule has 4 rings (SSSR count). The fraction of sp³-hybridized carbons (Fsp3) is 0.696. The Kier molecular flexibility index (Phi) is 9.59. The normalized spacial score (nSPS) is 18.5. The van der Waals surface area contributed by atoms with E-state index in [1.807, 2.05) is 18.3 Å². The molecule has 31 heavy (non-hydrogen) atoms. The van der Waals surface area contributed by atoms with E-state index in [9.17, 15) is 4.79 Å². The fourth-order valence-electron chi connectivity index (χ4n) is 5.16. The van der Waals surface area contributed by atoms with Crippen LogP contribution in [0.15, 0.2) is 18.3 Å². The summed E-state index contributed by atoms with van der Waals surface area (Å²) in [4.78, 5) is 22.5. The summed E-state index contributed by atoms with van der Waals surface area (Å²) in [6.45, 7) is 7.39. The van der Waals surface area contributed by atoms with Crippen LogP contribution in [0.5, 0.6) is 0 Å². The average molecular weight is 470 g/mol. The van der Waals surface area contributed by atoms with Crippen LogP contribution in [0.25, 0.3) is 11.2 Å². The van der Waals surface area contributed by atoms with E-state index < -0.39 is 0 Å². The van der Waals surface area contributed by atoms with Gasteiger partial charge in [0, 0.05) is 31.6 Å². The quantitative estimate of drug-likeness (QED) is 0.633. The van der Waals surface area contributed by atoms with Crippen molar-refractivity contribution in [3.8, 4) is 0 Å². The van der Waals surface area contributed by atoms with Crippen molar-refractivity contribution in [1.29, 1.82) is 0 Å². The highest BCUT2D eigenvalue weighted by atomic mass is 35.5. The summed E-state index contributed by atoms with van der Waals surface area (Å²) in [6, 6.07) is 4.33. The van der Waals surface area contributed by atoms with E-state index in [1.54, 1.807) is 0 Å². The Balaban J connectivity index is 0.00000171. The average Bonchev–Trinajstić information content (AvgIpc) is 3.27. The van der Waals surface area contributed by atoms with Crippen LogP contribution >= 0.6 is 24.8 Å². The Hall–Kier alpha value is -1.37. The molecule has 3 heterocycles. The molecular formula is C23H37Cl2N5O. The van der Waals surface area contributed by atoms with Gasteiger partial charge in [0.05, 0.1) is 0 Å². The number of pyridine rings is 1. The van der Waals surface area contributed by atoms with Gasteiger partial charge in [-0.3, -0.25) is 4.79 Å². The van der Waals surface area contributed by atoms with Crippen molar-refractivity contribution < 1.29 is 4.79 Å². The highest BCUT2D eigenvalue weighted by Crippen LogP contribution is 2.44. The van der Waals surface area contributed by atoms with Crippen LogP contribution in [0, 0.1) is 11.3 Å². The minimum Gasteiger partial charge on any atom is -0.353 e. The third-order valence-corrected chi connectivity index (χ3v) is 6.57. The Morgan fingerprint density at radius 3 is 2.65 bits per heavy atom. The number of carbonyl (C=O) groups excluding carboxylic acids is 1. The molecule has 0 radical (unpaired) electrons. The molecule has 0 bridgehead atoms. The van der Waals surface area contributed by atoms with Crippen molar-refractivity contribution in [3.63, 3.8) is 0 Å². The molecule has 2 fully saturated rings. The predicted molar refractivity (Wildman–Crippen MR) is 130 cm³/mol. The summed E-state index contributed by atoms with van der Waals surface area (Å²) in [5.41, 5.74) is 1.98. The van der Waals surface area contributed by atoms with Crippen LogP contribution in [-0.2, 0) is 17.8 Å². The molecule has 2 aliphatic rings. The number of nitrogens with one attached hydrogen (secondary N) is 2. The van der Waals surface area contributed by atoms with Gasteiger partial charge in [-0.25, -0.2) is 9.97 Å². The number of imidazole rings is 1. The zero-order valence-electron chi connectivity index (χ0n) is 18.7. The van der Waals surface area contributed by atoms with Crippen molar-refractivity contribution in [1.82, 2.24) is 25.2 Å². The van der Waals surface area contributed by atoms with E-state index in [4.69, 9.17) is 4.98 Å². The number of fused-ring (bicyclic) bond motifs is 1. The summed E-state index contributed by atoms with van der Waals surface area (Å²) in [5, 5.41) is 6.68. The predicted octanol–water partition coefficient (Wildman–Crippen LogP) is 4.29. The molecule has 0 spiro atoms. The molecule has 2 aromatic heterocycles. The zero-order chi connectivity index (χ0) is 20.3. The second-order valence-electron chi connectivity index (χ2n) is 9.53. The fourth-order valence-corrected chi connectivity index (χ4v) is 5.16. The van der Waals surface area contributed by atoms with E-state index in [-0.39, 0.29) is 36.1 Å². The van der Waals surface area contributed by atoms with E-state index in [2.05, 4.69) is 34.0 Å². The highest BCUT2D eigenvalue weighted by molar-refractivity contribution is 5.85. The van der Waals surface area contributed by atoms with Crippen molar-refractivity contribution >= 4 is 41.9 Å². The van der Waals surface area contributed by atoms with Crippen LogP contribution in [0.4, 0.5) is 0 Å². The molecule has 0 unspecified atom stereocenters. The molecule has 1 amide bonds. The van der Waals surface area contributed by atoms with E-state index in [0.29, 0.717) is 18.4 Å². The third kappa shape index (κ3) is 6.33. The maximum atomic E-state index is 12.9. The van der Waals surface area contributed by atoms with Gasteiger partial charge in [0.15, 0.2) is 5.65 Å². The number of carbonyl (C=O) groups is 1. The first-order chi connectivity index (χ1) is 14.0. The SMILES string of the molecule is CC(C)Cn1c(CC2(CC(=O)NC3CCNCC3)CCCC2)nc2cccnc21.Cl.Cl. The second-order valence-corrected chi connectivity index (χ2v) is 9.53. The topological polar surface area (TPSA) is 71.8 Å². The second kappa shape index (κ2) is 11.5. The molecule has 1 aliphatic heterocycles. The maximum Gasteiger partial charge on any atom is 0.220 e. The standard InChI is InChI=1S/C23H35N5O.2ClH/c1-17(2)16-28-20(27-19-6-5-11-25-22(19)28)14-23(9-3-4-10-23)15-21(29)26-18-7-12-24-13-8-18;;/h5-6,11,17-18,24H,3-4,7-10,12-16H2,1-2H3,(H,26,29);2*1H. The molecule has 0 aromatic carbocycles. The summed E-state index contributed by atoms with van der Waals surface area (Å²) >= 11 is 0. The van der Waals surface area contributed by atoms with Crippen LogP contribution < -0.4 is 10.6 Å². The Morgan fingerprint density at radius 1 is 1.26 bits per heavy atom. The number of halogens is 2. The molecule has 2 N–H and O–H groups in total.